The highest BCUT2D eigenvalue weighted by molar-refractivity contribution is 5.94. The number of hydrogen-bond donors (Lipinski definition) is 1. The first-order valence-electron chi connectivity index (χ1n) is 6.75. The second-order valence-corrected chi connectivity index (χ2v) is 4.77. The smallest absolute Gasteiger partial charge is 0.322 e. The average molecular weight is 293 g/mol. The van der Waals surface area contributed by atoms with Gasteiger partial charge in [-0.1, -0.05) is 6.92 Å². The van der Waals surface area contributed by atoms with Crippen LogP contribution in [0.25, 0.3) is 0 Å². The van der Waals surface area contributed by atoms with Crippen LogP contribution in [-0.2, 0) is 4.79 Å². The number of rotatable bonds is 3. The van der Waals surface area contributed by atoms with E-state index in [0.29, 0.717) is 25.2 Å². The molecule has 8 heteroatoms. The van der Waals surface area contributed by atoms with E-state index in [1.165, 1.54) is 19.5 Å². The second kappa shape index (κ2) is 6.38. The molecule has 1 N–H and O–H groups in total. The summed E-state index contributed by atoms with van der Waals surface area (Å²) in [6, 6.07) is -0.519. The van der Waals surface area contributed by atoms with Gasteiger partial charge in [0, 0.05) is 20.1 Å². The number of aromatic nitrogens is 2. The fourth-order valence-electron chi connectivity index (χ4n) is 2.23. The van der Waals surface area contributed by atoms with Crippen LogP contribution in [0.3, 0.4) is 0 Å². The number of hydrogen-bond acceptors (Lipinski definition) is 5. The van der Waals surface area contributed by atoms with Crippen molar-refractivity contribution in [2.45, 2.75) is 19.4 Å². The molecule has 1 aromatic rings. The molecule has 0 spiro atoms. The van der Waals surface area contributed by atoms with Gasteiger partial charge in [0.1, 0.15) is 6.04 Å². The van der Waals surface area contributed by atoms with Crippen molar-refractivity contribution in [2.24, 2.45) is 0 Å². The van der Waals surface area contributed by atoms with E-state index in [0.717, 1.165) is 0 Å². The largest absolute Gasteiger partial charge is 0.467 e. The van der Waals surface area contributed by atoms with Crippen LogP contribution in [0.2, 0.25) is 0 Å². The summed E-state index contributed by atoms with van der Waals surface area (Å²) >= 11 is 0. The van der Waals surface area contributed by atoms with Crippen LogP contribution in [0.1, 0.15) is 13.3 Å². The van der Waals surface area contributed by atoms with Crippen molar-refractivity contribution in [3.8, 4) is 6.01 Å². The summed E-state index contributed by atoms with van der Waals surface area (Å²) in [6.07, 6.45) is 3.50. The number of carbonyl (C=O) groups excluding carboxylic acids is 2. The highest BCUT2D eigenvalue weighted by atomic mass is 16.5. The third kappa shape index (κ3) is 3.21. The second-order valence-electron chi connectivity index (χ2n) is 4.77. The van der Waals surface area contributed by atoms with Crippen molar-refractivity contribution in [2.75, 3.05) is 32.6 Å². The van der Waals surface area contributed by atoms with Crippen LogP contribution in [0.4, 0.5) is 10.5 Å². The molecule has 0 bridgehead atoms. The van der Waals surface area contributed by atoms with Gasteiger partial charge in [0.25, 0.3) is 0 Å². The molecule has 0 aromatic carbocycles. The molecule has 1 aliphatic heterocycles. The Morgan fingerprint density at radius 2 is 2.10 bits per heavy atom. The quantitative estimate of drug-likeness (QED) is 0.880. The number of carbonyl (C=O) groups is 2. The molecule has 0 aliphatic carbocycles. The minimum absolute atomic E-state index is 0.0371. The highest BCUT2D eigenvalue weighted by Gasteiger charge is 2.34. The van der Waals surface area contributed by atoms with E-state index in [9.17, 15) is 9.59 Å². The van der Waals surface area contributed by atoms with Crippen molar-refractivity contribution in [3.63, 3.8) is 0 Å². The van der Waals surface area contributed by atoms with Crippen LogP contribution in [0.15, 0.2) is 12.4 Å². The fourth-order valence-corrected chi connectivity index (χ4v) is 2.23. The van der Waals surface area contributed by atoms with Gasteiger partial charge in [-0.2, -0.15) is 0 Å². The molecule has 3 amide bonds. The molecule has 114 valence electrons. The maximum absolute atomic E-state index is 12.3. The van der Waals surface area contributed by atoms with E-state index >= 15 is 0 Å². The van der Waals surface area contributed by atoms with Gasteiger partial charge in [-0.25, -0.2) is 14.8 Å². The van der Waals surface area contributed by atoms with Crippen LogP contribution >= 0.6 is 0 Å². The van der Waals surface area contributed by atoms with Crippen LogP contribution in [0, 0.1) is 0 Å². The van der Waals surface area contributed by atoms with Crippen LogP contribution in [0.5, 0.6) is 6.01 Å². The highest BCUT2D eigenvalue weighted by Crippen LogP contribution is 2.15. The summed E-state index contributed by atoms with van der Waals surface area (Å²) < 4.78 is 4.86. The SMILES string of the molecule is CCC1C(=O)N(C)CCN1C(=O)Nc1cnc(OC)nc1. The Kier molecular flexibility index (Phi) is 4.56. The predicted molar refractivity (Wildman–Crippen MR) is 76.0 cm³/mol. The van der Waals surface area contributed by atoms with Gasteiger partial charge in [-0.3, -0.25) is 4.79 Å². The molecule has 2 heterocycles. The number of nitrogens with zero attached hydrogens (tertiary/aromatic N) is 4. The molecule has 1 unspecified atom stereocenters. The van der Waals surface area contributed by atoms with Gasteiger partial charge in [-0.15, -0.1) is 0 Å². The van der Waals surface area contributed by atoms with Gasteiger partial charge in [0.05, 0.1) is 25.2 Å². The van der Waals surface area contributed by atoms with E-state index < -0.39 is 6.04 Å². The summed E-state index contributed by atoms with van der Waals surface area (Å²) in [4.78, 5) is 35.4. The summed E-state index contributed by atoms with van der Waals surface area (Å²) in [5, 5.41) is 2.70. The normalized spacial score (nSPS) is 18.6. The molecule has 1 saturated heterocycles. The van der Waals surface area contributed by atoms with Crippen molar-refractivity contribution < 1.29 is 14.3 Å². The standard InChI is InChI=1S/C13H19N5O3/c1-4-10-11(19)17(2)5-6-18(10)13(20)16-9-7-14-12(21-3)15-8-9/h7-8,10H,4-6H2,1-3H3,(H,16,20). The Balaban J connectivity index is 2.06. The first kappa shape index (κ1) is 15.0. The van der Waals surface area contributed by atoms with E-state index in [1.807, 2.05) is 6.92 Å². The lowest BCUT2D eigenvalue weighted by Gasteiger charge is -2.38. The van der Waals surface area contributed by atoms with Crippen molar-refractivity contribution in [1.29, 1.82) is 0 Å². The molecule has 1 aromatic heterocycles. The van der Waals surface area contributed by atoms with Gasteiger partial charge < -0.3 is 19.9 Å². The Morgan fingerprint density at radius 1 is 1.43 bits per heavy atom. The Hall–Kier alpha value is -2.38. The number of urea groups is 1. The number of methoxy groups -OCH3 is 1. The fraction of sp³-hybridized carbons (Fsp3) is 0.538. The number of anilines is 1. The molecule has 2 rings (SSSR count). The first-order chi connectivity index (χ1) is 10.1. The lowest BCUT2D eigenvalue weighted by molar-refractivity contribution is -0.138. The number of likely N-dealkylation sites (N-methyl/N-ethyl adjacent to an activating group) is 1. The zero-order valence-corrected chi connectivity index (χ0v) is 12.4. The van der Waals surface area contributed by atoms with Gasteiger partial charge in [0.15, 0.2) is 0 Å². The molecule has 8 nitrogen and oxygen atoms in total. The Bertz CT molecular complexity index is 519. The maximum atomic E-state index is 12.3. The van der Waals surface area contributed by atoms with Crippen LogP contribution in [-0.4, -0.2) is 65.0 Å². The number of ether oxygens (including phenoxy) is 1. The third-order valence-electron chi connectivity index (χ3n) is 3.42. The number of amides is 3. The molecule has 0 saturated carbocycles. The molecule has 1 aliphatic rings. The van der Waals surface area contributed by atoms with Gasteiger partial charge >= 0.3 is 12.0 Å². The van der Waals surface area contributed by atoms with Gasteiger partial charge in [-0.05, 0) is 6.42 Å². The van der Waals surface area contributed by atoms with E-state index in [2.05, 4.69) is 15.3 Å². The van der Waals surface area contributed by atoms with E-state index in [-0.39, 0.29) is 17.9 Å². The summed E-state index contributed by atoms with van der Waals surface area (Å²) in [7, 11) is 3.22. The third-order valence-corrected chi connectivity index (χ3v) is 3.42. The lowest BCUT2D eigenvalue weighted by Crippen LogP contribution is -2.58. The molecule has 0 radical (unpaired) electrons. The zero-order valence-electron chi connectivity index (χ0n) is 12.4. The molecule has 21 heavy (non-hydrogen) atoms. The number of nitrogens with one attached hydrogen (secondary N) is 1. The zero-order chi connectivity index (χ0) is 15.4. The average Bonchev–Trinajstić information content (AvgIpc) is 2.50. The summed E-state index contributed by atoms with van der Waals surface area (Å²) in [5.41, 5.74) is 0.460. The predicted octanol–water partition coefficient (Wildman–Crippen LogP) is 0.570. The Morgan fingerprint density at radius 3 is 2.67 bits per heavy atom. The summed E-state index contributed by atoms with van der Waals surface area (Å²) in [5.74, 6) is -0.0371. The maximum Gasteiger partial charge on any atom is 0.322 e. The first-order valence-corrected chi connectivity index (χ1v) is 6.75. The molecule has 1 atom stereocenters. The minimum atomic E-state index is -0.428. The Labute approximate surface area is 123 Å². The van der Waals surface area contributed by atoms with E-state index in [1.54, 1.807) is 16.8 Å². The van der Waals surface area contributed by atoms with Crippen molar-refractivity contribution in [1.82, 2.24) is 19.8 Å². The van der Waals surface area contributed by atoms with Crippen molar-refractivity contribution in [3.05, 3.63) is 12.4 Å². The van der Waals surface area contributed by atoms with E-state index in [4.69, 9.17) is 4.74 Å². The van der Waals surface area contributed by atoms with Crippen molar-refractivity contribution >= 4 is 17.6 Å². The molecule has 1 fully saturated rings. The monoisotopic (exact) mass is 293 g/mol. The lowest BCUT2D eigenvalue weighted by atomic mass is 10.1. The van der Waals surface area contributed by atoms with Crippen LogP contribution < -0.4 is 10.1 Å². The topological polar surface area (TPSA) is 87.7 Å². The molecular weight excluding hydrogens is 274 g/mol. The molecular formula is C13H19N5O3. The van der Waals surface area contributed by atoms with Gasteiger partial charge in [0.2, 0.25) is 5.91 Å². The number of piperazine rings is 1. The summed E-state index contributed by atoms with van der Waals surface area (Å²) in [6.45, 7) is 2.92. The minimum Gasteiger partial charge on any atom is -0.467 e.